The number of rotatable bonds is 24. The molecule has 1 atom stereocenters. The van der Waals surface area contributed by atoms with Gasteiger partial charge in [0.15, 0.2) is 0 Å². The van der Waals surface area contributed by atoms with E-state index in [-0.39, 0.29) is 23.3 Å². The molecule has 11 nitrogen and oxygen atoms in total. The monoisotopic (exact) mass is 707 g/mol. The molecule has 2 aromatic rings. The van der Waals surface area contributed by atoms with E-state index in [0.29, 0.717) is 16.3 Å². The van der Waals surface area contributed by atoms with E-state index in [0.717, 1.165) is 25.3 Å². The molecule has 12 heteroatoms. The van der Waals surface area contributed by atoms with Crippen LogP contribution in [0.5, 0.6) is 5.75 Å². The molecular formula is C34H46BrNO10-2. The van der Waals surface area contributed by atoms with Gasteiger partial charge in [-0.15, -0.1) is 0 Å². The fourth-order valence-electron chi connectivity index (χ4n) is 5.08. The molecule has 0 aliphatic heterocycles. The second-order valence-electron chi connectivity index (χ2n) is 11.5. The lowest BCUT2D eigenvalue weighted by Crippen LogP contribution is -2.48. The number of hydrogen-bond donors (Lipinski definition) is 1. The molecule has 0 fully saturated rings. The lowest BCUT2D eigenvalue weighted by atomic mass is 10.0. The minimum Gasteiger partial charge on any atom is -0.550 e. The molecule has 46 heavy (non-hydrogen) atoms. The van der Waals surface area contributed by atoms with Crippen molar-refractivity contribution < 1.29 is 43.3 Å². The van der Waals surface area contributed by atoms with Crippen LogP contribution in [0.3, 0.4) is 0 Å². The zero-order valence-corrected chi connectivity index (χ0v) is 28.3. The molecule has 1 heterocycles. The van der Waals surface area contributed by atoms with E-state index in [1.54, 1.807) is 6.07 Å². The number of alkyl carbamates (subject to hydrolysis) is 1. The van der Waals surface area contributed by atoms with E-state index in [9.17, 15) is 34.2 Å². The topological polar surface area (TPSA) is 175 Å². The Balaban J connectivity index is 1.75. The number of esters is 1. The predicted molar refractivity (Wildman–Crippen MR) is 172 cm³/mol. The van der Waals surface area contributed by atoms with Crippen LogP contribution in [0.4, 0.5) is 4.79 Å². The Bertz CT molecular complexity index is 1320. The Labute approximate surface area is 278 Å². The van der Waals surface area contributed by atoms with Gasteiger partial charge >= 0.3 is 17.7 Å². The van der Waals surface area contributed by atoms with Gasteiger partial charge in [-0.3, -0.25) is 4.79 Å². The fourth-order valence-corrected chi connectivity index (χ4v) is 5.50. The molecule has 1 N–H and O–H groups in total. The molecule has 0 unspecified atom stereocenters. The Kier molecular flexibility index (Phi) is 18.7. The zero-order valence-electron chi connectivity index (χ0n) is 26.7. The van der Waals surface area contributed by atoms with Gasteiger partial charge in [0, 0.05) is 35.5 Å². The van der Waals surface area contributed by atoms with Gasteiger partial charge in [0.1, 0.15) is 17.9 Å². The molecule has 0 radical (unpaired) electrons. The number of carboxylic acids is 2. The van der Waals surface area contributed by atoms with Gasteiger partial charge in [0.05, 0.1) is 16.5 Å². The maximum absolute atomic E-state index is 12.5. The first kappa shape index (κ1) is 38.8. The first-order valence-electron chi connectivity index (χ1n) is 16.4. The van der Waals surface area contributed by atoms with Gasteiger partial charge in [0.25, 0.3) is 0 Å². The minimum atomic E-state index is -1.69. The molecule has 2 rings (SSSR count). The van der Waals surface area contributed by atoms with Crippen LogP contribution in [0, 0.1) is 0 Å². The number of carboxylic acid groups (broad SMARTS) is 2. The number of amides is 1. The number of nitrogens with one attached hydrogen (secondary N) is 1. The maximum Gasteiger partial charge on any atom is 0.407 e. The van der Waals surface area contributed by atoms with Gasteiger partial charge < -0.3 is 39.0 Å². The summed E-state index contributed by atoms with van der Waals surface area (Å²) in [6.45, 7) is 1.81. The van der Waals surface area contributed by atoms with Crippen LogP contribution >= 0.6 is 15.9 Å². The first-order valence-corrected chi connectivity index (χ1v) is 17.2. The number of unbranched alkanes of at least 4 members (excludes halogenated alkanes) is 14. The van der Waals surface area contributed by atoms with Crippen LogP contribution in [0.25, 0.3) is 11.0 Å². The van der Waals surface area contributed by atoms with Crippen molar-refractivity contribution in [3.05, 3.63) is 38.7 Å². The van der Waals surface area contributed by atoms with E-state index in [1.807, 2.05) is 5.32 Å². The Morgan fingerprint density at radius 3 is 1.93 bits per heavy atom. The summed E-state index contributed by atoms with van der Waals surface area (Å²) in [5, 5.41) is 24.2. The smallest absolute Gasteiger partial charge is 0.407 e. The number of fused-ring (bicyclic) bond motifs is 1. The van der Waals surface area contributed by atoms with Gasteiger partial charge in [-0.25, -0.2) is 9.59 Å². The summed E-state index contributed by atoms with van der Waals surface area (Å²) in [4.78, 5) is 58.6. The van der Waals surface area contributed by atoms with Crippen molar-refractivity contribution in [3.63, 3.8) is 0 Å². The van der Waals surface area contributed by atoms with Crippen molar-refractivity contribution >= 4 is 50.9 Å². The quantitative estimate of drug-likeness (QED) is 0.0626. The number of halogens is 1. The second kappa shape index (κ2) is 22.2. The number of carbonyl (C=O) groups is 4. The van der Waals surface area contributed by atoms with Crippen LogP contribution < -0.4 is 25.9 Å². The lowest BCUT2D eigenvalue weighted by Gasteiger charge is -2.19. The van der Waals surface area contributed by atoms with E-state index in [1.165, 1.54) is 76.7 Å². The SMILES string of the molecule is CCCCCCCCCCCCCCCCCC(=O)Oc1cc2oc(=O)cc(COC(=O)N[C@@H](CCC(=O)[O-])C(=O)[O-])c2cc1Br. The standard InChI is InChI=1S/C34H48BrNO10/c1-2-3-4-5-6-7-8-9-10-11-12-13-14-15-16-17-31(39)46-29-22-28-25(21-26(29)35)24(20-32(40)45-28)23-44-34(43)36-27(33(41)42)18-19-30(37)38/h20-22,27H,2-19,23H2,1H3,(H,36,43)(H,37,38)(H,41,42)/p-2/t27-/m0/s1. The van der Waals surface area contributed by atoms with E-state index >= 15 is 0 Å². The molecule has 0 aliphatic rings. The third kappa shape index (κ3) is 15.7. The normalized spacial score (nSPS) is 11.7. The third-order valence-electron chi connectivity index (χ3n) is 7.66. The molecule has 1 amide bonds. The number of carbonyl (C=O) groups excluding carboxylic acids is 4. The zero-order chi connectivity index (χ0) is 33.7. The van der Waals surface area contributed by atoms with Gasteiger partial charge in [-0.2, -0.15) is 0 Å². The Morgan fingerprint density at radius 2 is 1.39 bits per heavy atom. The molecule has 0 bridgehead atoms. The van der Waals surface area contributed by atoms with Crippen molar-refractivity contribution in [2.75, 3.05) is 0 Å². The summed E-state index contributed by atoms with van der Waals surface area (Å²) in [6.07, 6.45) is 16.5. The molecule has 0 aliphatic carbocycles. The molecule has 0 spiro atoms. The molecular weight excluding hydrogens is 662 g/mol. The molecule has 1 aromatic carbocycles. The molecule has 0 saturated carbocycles. The van der Waals surface area contributed by atoms with E-state index < -0.39 is 55.1 Å². The average molecular weight is 709 g/mol. The van der Waals surface area contributed by atoms with Gasteiger partial charge in [-0.05, 0) is 41.3 Å². The maximum atomic E-state index is 12.5. The first-order chi connectivity index (χ1) is 22.1. The van der Waals surface area contributed by atoms with E-state index in [4.69, 9.17) is 13.9 Å². The largest absolute Gasteiger partial charge is 0.550 e. The van der Waals surface area contributed by atoms with Crippen molar-refractivity contribution in [3.8, 4) is 5.75 Å². The summed E-state index contributed by atoms with van der Waals surface area (Å²) < 4.78 is 16.2. The second-order valence-corrected chi connectivity index (χ2v) is 12.4. The fraction of sp³-hybridized carbons (Fsp3) is 0.618. The Hall–Kier alpha value is -3.41. The summed E-state index contributed by atoms with van der Waals surface area (Å²) in [5.74, 6) is -3.41. The highest BCUT2D eigenvalue weighted by molar-refractivity contribution is 9.10. The summed E-state index contributed by atoms with van der Waals surface area (Å²) in [6, 6.07) is 2.44. The number of aliphatic carboxylic acids is 2. The molecule has 0 saturated heterocycles. The van der Waals surface area contributed by atoms with Crippen molar-refractivity contribution in [2.24, 2.45) is 0 Å². The predicted octanol–water partition coefficient (Wildman–Crippen LogP) is 5.60. The van der Waals surface area contributed by atoms with Crippen LogP contribution in [-0.4, -0.2) is 30.0 Å². The van der Waals surface area contributed by atoms with Gasteiger partial charge in [-0.1, -0.05) is 96.8 Å². The summed E-state index contributed by atoms with van der Waals surface area (Å²) >= 11 is 3.36. The number of hydrogen-bond acceptors (Lipinski definition) is 10. The van der Waals surface area contributed by atoms with Crippen molar-refractivity contribution in [2.45, 2.75) is 135 Å². The number of ether oxygens (including phenoxy) is 2. The third-order valence-corrected chi connectivity index (χ3v) is 8.28. The summed E-state index contributed by atoms with van der Waals surface area (Å²) in [5.41, 5.74) is -0.408. The summed E-state index contributed by atoms with van der Waals surface area (Å²) in [7, 11) is 0. The van der Waals surface area contributed by atoms with Gasteiger partial charge in [0.2, 0.25) is 0 Å². The highest BCUT2D eigenvalue weighted by atomic mass is 79.9. The van der Waals surface area contributed by atoms with Crippen LogP contribution in [-0.2, 0) is 25.7 Å². The number of benzene rings is 1. The van der Waals surface area contributed by atoms with Crippen molar-refractivity contribution in [1.82, 2.24) is 5.32 Å². The highest BCUT2D eigenvalue weighted by Gasteiger charge is 2.17. The van der Waals surface area contributed by atoms with Crippen LogP contribution in [0.1, 0.15) is 128 Å². The molecule has 1 aromatic heterocycles. The van der Waals surface area contributed by atoms with E-state index in [2.05, 4.69) is 22.9 Å². The van der Waals surface area contributed by atoms with Crippen molar-refractivity contribution in [1.29, 1.82) is 0 Å². The Morgan fingerprint density at radius 1 is 0.826 bits per heavy atom. The minimum absolute atomic E-state index is 0.0889. The lowest BCUT2D eigenvalue weighted by molar-refractivity contribution is -0.310. The molecule has 256 valence electrons. The van der Waals surface area contributed by atoms with Crippen LogP contribution in [0.15, 0.2) is 31.9 Å². The van der Waals surface area contributed by atoms with Crippen LogP contribution in [0.2, 0.25) is 0 Å². The highest BCUT2D eigenvalue weighted by Crippen LogP contribution is 2.32. The average Bonchev–Trinajstić information content (AvgIpc) is 3.00.